The number of hydrogen-bond donors (Lipinski definition) is 0. The van der Waals surface area contributed by atoms with Crippen molar-refractivity contribution in [3.63, 3.8) is 0 Å². The van der Waals surface area contributed by atoms with Crippen LogP contribution in [0.4, 0.5) is 0 Å². The van der Waals surface area contributed by atoms with Gasteiger partial charge in [-0.2, -0.15) is 5.10 Å². The van der Waals surface area contributed by atoms with Gasteiger partial charge in [-0.05, 0) is 34.5 Å². The lowest BCUT2D eigenvalue weighted by molar-refractivity contribution is 0.599. The first kappa shape index (κ1) is 14.6. The van der Waals surface area contributed by atoms with Crippen LogP contribution in [-0.2, 0) is 15.5 Å². The van der Waals surface area contributed by atoms with Crippen molar-refractivity contribution < 1.29 is 8.42 Å². The maximum Gasteiger partial charge on any atom is 0.278 e. The number of rotatable bonds is 4. The Bertz CT molecular complexity index is 698. The summed E-state index contributed by atoms with van der Waals surface area (Å²) >= 11 is 3.38. The number of hydrogen-bond acceptors (Lipinski definition) is 3. The van der Waals surface area contributed by atoms with Crippen molar-refractivity contribution in [2.45, 2.75) is 24.8 Å². The smallest absolute Gasteiger partial charge is 0.219 e. The Hall–Kier alpha value is -0.850. The van der Waals surface area contributed by atoms with Crippen LogP contribution < -0.4 is 0 Å². The Morgan fingerprint density at radius 1 is 1.37 bits per heavy atom. The Balaban J connectivity index is 2.65. The first-order chi connectivity index (χ1) is 8.93. The molecule has 1 aromatic carbocycles. The van der Waals surface area contributed by atoms with Crippen LogP contribution in [0, 0.1) is 0 Å². The Morgan fingerprint density at radius 3 is 2.63 bits per heavy atom. The number of aromatic nitrogens is 2. The fourth-order valence-corrected chi connectivity index (χ4v) is 3.16. The summed E-state index contributed by atoms with van der Waals surface area (Å²) in [6.07, 6.45) is 1.59. The van der Waals surface area contributed by atoms with Gasteiger partial charge in [-0.1, -0.05) is 25.5 Å². The third kappa shape index (κ3) is 3.19. The van der Waals surface area contributed by atoms with E-state index in [9.17, 15) is 8.42 Å². The average molecular weight is 364 g/mol. The SMILES string of the molecule is CCCc1cc(S(=O)(=O)Cl)n(-c2ccccc2Br)n1. The molecule has 102 valence electrons. The molecule has 2 rings (SSSR count). The summed E-state index contributed by atoms with van der Waals surface area (Å²) in [4.78, 5) is 0. The molecule has 0 aliphatic carbocycles. The maximum atomic E-state index is 11.6. The van der Waals surface area contributed by atoms with E-state index in [1.807, 2.05) is 25.1 Å². The normalized spacial score (nSPS) is 11.7. The minimum absolute atomic E-state index is 0.00971. The van der Waals surface area contributed by atoms with Gasteiger partial charge in [-0.25, -0.2) is 13.1 Å². The van der Waals surface area contributed by atoms with E-state index in [0.29, 0.717) is 17.8 Å². The lowest BCUT2D eigenvalue weighted by Crippen LogP contribution is -2.05. The van der Waals surface area contributed by atoms with E-state index in [2.05, 4.69) is 21.0 Å². The van der Waals surface area contributed by atoms with Gasteiger partial charge in [0, 0.05) is 21.2 Å². The fraction of sp³-hybridized carbons (Fsp3) is 0.250. The molecule has 0 atom stereocenters. The molecule has 0 saturated carbocycles. The molecule has 2 aromatic rings. The van der Waals surface area contributed by atoms with Gasteiger partial charge < -0.3 is 0 Å². The molecule has 0 N–H and O–H groups in total. The Morgan fingerprint density at radius 2 is 2.05 bits per heavy atom. The van der Waals surface area contributed by atoms with E-state index < -0.39 is 9.05 Å². The van der Waals surface area contributed by atoms with E-state index in [1.165, 1.54) is 10.7 Å². The van der Waals surface area contributed by atoms with Crippen LogP contribution in [-0.4, -0.2) is 18.2 Å². The fourth-order valence-electron chi connectivity index (χ4n) is 1.76. The molecule has 0 aliphatic heterocycles. The van der Waals surface area contributed by atoms with Gasteiger partial charge in [-0.3, -0.25) is 0 Å². The van der Waals surface area contributed by atoms with Crippen LogP contribution in [0.15, 0.2) is 39.8 Å². The molecule has 4 nitrogen and oxygen atoms in total. The molecule has 0 bridgehead atoms. The molecule has 19 heavy (non-hydrogen) atoms. The molecular weight excluding hydrogens is 352 g/mol. The quantitative estimate of drug-likeness (QED) is 0.781. The minimum atomic E-state index is -3.84. The third-order valence-corrected chi connectivity index (χ3v) is 4.50. The molecule has 0 saturated heterocycles. The summed E-state index contributed by atoms with van der Waals surface area (Å²) in [7, 11) is 1.63. The van der Waals surface area contributed by atoms with Crippen LogP contribution in [0.3, 0.4) is 0 Å². The summed E-state index contributed by atoms with van der Waals surface area (Å²) in [6, 6.07) is 8.77. The highest BCUT2D eigenvalue weighted by Gasteiger charge is 2.21. The molecular formula is C12H12BrClN2O2S. The van der Waals surface area contributed by atoms with Gasteiger partial charge in [-0.15, -0.1) is 0 Å². The molecule has 0 fully saturated rings. The number of para-hydroxylation sites is 1. The lowest BCUT2D eigenvalue weighted by atomic mass is 10.3. The highest BCUT2D eigenvalue weighted by atomic mass is 79.9. The van der Waals surface area contributed by atoms with E-state index in [0.717, 1.165) is 10.9 Å². The van der Waals surface area contributed by atoms with Crippen molar-refractivity contribution in [3.05, 3.63) is 40.5 Å². The van der Waals surface area contributed by atoms with Crippen molar-refractivity contribution >= 4 is 35.7 Å². The van der Waals surface area contributed by atoms with Crippen LogP contribution >= 0.6 is 26.6 Å². The van der Waals surface area contributed by atoms with Gasteiger partial charge >= 0.3 is 0 Å². The first-order valence-electron chi connectivity index (χ1n) is 5.72. The zero-order chi connectivity index (χ0) is 14.0. The van der Waals surface area contributed by atoms with E-state index in [1.54, 1.807) is 6.07 Å². The molecule has 1 aromatic heterocycles. The summed E-state index contributed by atoms with van der Waals surface area (Å²) in [6.45, 7) is 2.01. The van der Waals surface area contributed by atoms with Gasteiger partial charge in [0.25, 0.3) is 9.05 Å². The van der Waals surface area contributed by atoms with E-state index >= 15 is 0 Å². The largest absolute Gasteiger partial charge is 0.278 e. The predicted octanol–water partition coefficient (Wildman–Crippen LogP) is 3.51. The van der Waals surface area contributed by atoms with Crippen molar-refractivity contribution in [2.75, 3.05) is 0 Å². The summed E-state index contributed by atoms with van der Waals surface area (Å²) < 4.78 is 25.4. The van der Waals surface area contributed by atoms with Crippen molar-refractivity contribution in [1.29, 1.82) is 0 Å². The van der Waals surface area contributed by atoms with Crippen LogP contribution in [0.5, 0.6) is 0 Å². The van der Waals surface area contributed by atoms with Gasteiger partial charge in [0.05, 0.1) is 11.4 Å². The molecule has 0 spiro atoms. The molecule has 1 heterocycles. The molecule has 7 heteroatoms. The summed E-state index contributed by atoms with van der Waals surface area (Å²) in [5.41, 5.74) is 1.35. The number of aryl methyl sites for hydroxylation is 1. The summed E-state index contributed by atoms with van der Waals surface area (Å²) in [5.74, 6) is 0. The van der Waals surface area contributed by atoms with E-state index in [4.69, 9.17) is 10.7 Å². The summed E-state index contributed by atoms with van der Waals surface area (Å²) in [5, 5.41) is 4.31. The highest BCUT2D eigenvalue weighted by molar-refractivity contribution is 9.10. The standard InChI is InChI=1S/C12H12BrClN2O2S/c1-2-5-9-8-12(19(14,17)18)16(15-9)11-7-4-3-6-10(11)13/h3-4,6-8H,2,5H2,1H3. The van der Waals surface area contributed by atoms with Crippen LogP contribution in [0.25, 0.3) is 5.69 Å². The van der Waals surface area contributed by atoms with Crippen molar-refractivity contribution in [2.24, 2.45) is 0 Å². The molecule has 0 aliphatic rings. The lowest BCUT2D eigenvalue weighted by Gasteiger charge is -2.06. The second-order valence-electron chi connectivity index (χ2n) is 4.02. The highest BCUT2D eigenvalue weighted by Crippen LogP contribution is 2.26. The third-order valence-electron chi connectivity index (χ3n) is 2.56. The van der Waals surface area contributed by atoms with Gasteiger partial charge in [0.15, 0.2) is 5.03 Å². The average Bonchev–Trinajstić information content (AvgIpc) is 2.74. The van der Waals surface area contributed by atoms with Gasteiger partial charge in [0.2, 0.25) is 0 Å². The van der Waals surface area contributed by atoms with Crippen LogP contribution in [0.2, 0.25) is 0 Å². The topological polar surface area (TPSA) is 52.0 Å². The molecule has 0 radical (unpaired) electrons. The van der Waals surface area contributed by atoms with Crippen molar-refractivity contribution in [1.82, 2.24) is 9.78 Å². The molecule has 0 amide bonds. The zero-order valence-corrected chi connectivity index (χ0v) is 13.3. The number of halogens is 2. The Kier molecular flexibility index (Phi) is 4.32. The first-order valence-corrected chi connectivity index (χ1v) is 8.82. The maximum absolute atomic E-state index is 11.6. The predicted molar refractivity (Wildman–Crippen MR) is 78.3 cm³/mol. The number of benzene rings is 1. The second kappa shape index (κ2) is 5.64. The zero-order valence-electron chi connectivity index (χ0n) is 10.2. The van der Waals surface area contributed by atoms with Gasteiger partial charge in [0.1, 0.15) is 0 Å². The minimum Gasteiger partial charge on any atom is -0.219 e. The van der Waals surface area contributed by atoms with E-state index in [-0.39, 0.29) is 5.03 Å². The number of nitrogens with zero attached hydrogens (tertiary/aromatic N) is 2. The second-order valence-corrected chi connectivity index (χ2v) is 7.39. The monoisotopic (exact) mass is 362 g/mol. The Labute approximate surface area is 124 Å². The molecule has 0 unspecified atom stereocenters. The van der Waals surface area contributed by atoms with Crippen molar-refractivity contribution in [3.8, 4) is 5.69 Å². The van der Waals surface area contributed by atoms with Crippen LogP contribution in [0.1, 0.15) is 19.0 Å².